The van der Waals surface area contributed by atoms with Gasteiger partial charge in [-0.05, 0) is 34.7 Å². The minimum atomic E-state index is -0.639. The average Bonchev–Trinajstić information content (AvgIpc) is 2.04. The fourth-order valence-electron chi connectivity index (χ4n) is 0.813. The molecule has 1 amide bonds. The second-order valence-electron chi connectivity index (χ2n) is 2.30. The van der Waals surface area contributed by atoms with Gasteiger partial charge in [-0.15, -0.1) is 0 Å². The van der Waals surface area contributed by atoms with Crippen LogP contribution in [-0.4, -0.2) is 16.0 Å². The number of carbonyl (C=O) groups is 1. The first-order valence-electron chi connectivity index (χ1n) is 3.28. The summed E-state index contributed by atoms with van der Waals surface area (Å²) in [5.41, 5.74) is 5.19. The molecule has 3 N–H and O–H groups in total. The van der Waals surface area contributed by atoms with Gasteiger partial charge < -0.3 is 5.73 Å². The summed E-state index contributed by atoms with van der Waals surface area (Å²) < 4.78 is 0.542. The molecule has 0 unspecified atom stereocenters. The molecule has 5 nitrogen and oxygen atoms in total. The van der Waals surface area contributed by atoms with Crippen LogP contribution in [-0.2, 0) is 0 Å². The van der Waals surface area contributed by atoms with Crippen molar-refractivity contribution >= 4 is 34.2 Å². The lowest BCUT2D eigenvalue weighted by atomic mass is 10.2. The zero-order chi connectivity index (χ0) is 10.0. The molecule has 0 aliphatic rings. The summed E-state index contributed by atoms with van der Waals surface area (Å²) in [5.74, 6) is -0.639. The van der Waals surface area contributed by atoms with Crippen molar-refractivity contribution < 1.29 is 14.9 Å². The van der Waals surface area contributed by atoms with Crippen molar-refractivity contribution in [1.82, 2.24) is 0 Å². The Morgan fingerprint density at radius 1 is 1.54 bits per heavy atom. The van der Waals surface area contributed by atoms with Gasteiger partial charge in [-0.3, -0.25) is 4.79 Å². The third kappa shape index (κ3) is 2.14. The highest BCUT2D eigenvalue weighted by atomic mass is 127. The Kier molecular flexibility index (Phi) is 2.81. The quantitative estimate of drug-likeness (QED) is 0.634. The minimum Gasteiger partial charge on any atom is -0.366 e. The van der Waals surface area contributed by atoms with E-state index in [4.69, 9.17) is 10.9 Å². The van der Waals surface area contributed by atoms with Crippen LogP contribution in [0.1, 0.15) is 10.4 Å². The fourth-order valence-corrected chi connectivity index (χ4v) is 1.35. The van der Waals surface area contributed by atoms with E-state index in [1.807, 2.05) is 22.6 Å². The van der Waals surface area contributed by atoms with Crippen LogP contribution in [0.4, 0.5) is 5.69 Å². The van der Waals surface area contributed by atoms with Crippen LogP contribution < -0.4 is 5.73 Å². The molecule has 0 fully saturated rings. The van der Waals surface area contributed by atoms with Crippen molar-refractivity contribution in [3.05, 3.63) is 32.2 Å². The highest BCUT2D eigenvalue weighted by Gasteiger charge is 2.18. The van der Waals surface area contributed by atoms with Gasteiger partial charge in [0, 0.05) is 11.6 Å². The SMILES string of the molecule is NC(=O)c1ccc(I)c([N+](=O)O)c1. The number of nitrogens with zero attached hydrogens (tertiary/aromatic N) is 1. The highest BCUT2D eigenvalue weighted by Crippen LogP contribution is 2.21. The maximum absolute atomic E-state index is 10.7. The summed E-state index contributed by atoms with van der Waals surface area (Å²) in [5, 5.41) is 8.63. The molecule has 1 aromatic rings. The third-order valence-electron chi connectivity index (χ3n) is 1.44. The van der Waals surface area contributed by atoms with Gasteiger partial charge in [0.2, 0.25) is 5.91 Å². The molecule has 68 valence electrons. The summed E-state index contributed by atoms with van der Waals surface area (Å²) in [4.78, 5) is 21.0. The minimum absolute atomic E-state index is 0.0110. The van der Waals surface area contributed by atoms with E-state index in [0.29, 0.717) is 3.57 Å². The summed E-state index contributed by atoms with van der Waals surface area (Å²) in [6.07, 6.45) is 0. The smallest absolute Gasteiger partial charge is 0.330 e. The Morgan fingerprint density at radius 3 is 2.62 bits per heavy atom. The summed E-state index contributed by atoms with van der Waals surface area (Å²) >= 11 is 1.86. The van der Waals surface area contributed by atoms with Crippen LogP contribution in [0.5, 0.6) is 0 Å². The average molecular weight is 293 g/mol. The molecule has 0 aromatic heterocycles. The lowest BCUT2D eigenvalue weighted by molar-refractivity contribution is -0.730. The molecule has 0 bridgehead atoms. The van der Waals surface area contributed by atoms with Crippen LogP contribution in [0.15, 0.2) is 18.2 Å². The van der Waals surface area contributed by atoms with Gasteiger partial charge >= 0.3 is 5.69 Å². The van der Waals surface area contributed by atoms with E-state index >= 15 is 0 Å². The standard InChI is InChI=1S/C7H5IN2O3/c8-5-2-1-4(7(9)11)3-6(5)10(12)13/h1-3H,(H2-,9,11,12,13)/p+1. The van der Waals surface area contributed by atoms with Gasteiger partial charge in [0.1, 0.15) is 0 Å². The molecule has 0 heterocycles. The zero-order valence-electron chi connectivity index (χ0n) is 6.40. The topological polar surface area (TPSA) is 83.4 Å². The van der Waals surface area contributed by atoms with E-state index in [2.05, 4.69) is 0 Å². The first kappa shape index (κ1) is 9.90. The number of rotatable bonds is 2. The van der Waals surface area contributed by atoms with Gasteiger partial charge in [-0.25, -0.2) is 5.21 Å². The van der Waals surface area contributed by atoms with E-state index in [-0.39, 0.29) is 16.2 Å². The molecule has 0 saturated heterocycles. The van der Waals surface area contributed by atoms with Gasteiger partial charge in [-0.1, -0.05) is 0 Å². The molecule has 0 atom stereocenters. The van der Waals surface area contributed by atoms with Crippen molar-refractivity contribution in [2.45, 2.75) is 0 Å². The lowest BCUT2D eigenvalue weighted by Crippen LogP contribution is -2.11. The zero-order valence-corrected chi connectivity index (χ0v) is 8.56. The molecule has 6 heteroatoms. The number of amides is 1. The molecule has 1 aromatic carbocycles. The van der Waals surface area contributed by atoms with Crippen LogP contribution >= 0.6 is 22.6 Å². The predicted molar refractivity (Wildman–Crippen MR) is 52.8 cm³/mol. The Bertz CT molecular complexity index is 378. The molecule has 0 spiro atoms. The number of benzene rings is 1. The normalized spacial score (nSPS) is 9.62. The molecule has 0 aliphatic heterocycles. The molecule has 0 radical (unpaired) electrons. The van der Waals surface area contributed by atoms with Gasteiger partial charge in [0.15, 0.2) is 0 Å². The van der Waals surface area contributed by atoms with E-state index in [0.717, 1.165) is 0 Å². The first-order valence-corrected chi connectivity index (χ1v) is 4.35. The van der Waals surface area contributed by atoms with E-state index in [9.17, 15) is 9.70 Å². The van der Waals surface area contributed by atoms with Crippen LogP contribution in [0.25, 0.3) is 0 Å². The van der Waals surface area contributed by atoms with E-state index in [1.165, 1.54) is 18.2 Å². The molecule has 0 aliphatic carbocycles. The highest BCUT2D eigenvalue weighted by molar-refractivity contribution is 14.1. The van der Waals surface area contributed by atoms with Crippen molar-refractivity contribution in [1.29, 1.82) is 0 Å². The molecule has 13 heavy (non-hydrogen) atoms. The first-order chi connectivity index (χ1) is 6.02. The number of nitrogens with two attached hydrogens (primary N) is 1. The molecular weight excluding hydrogens is 287 g/mol. The molecular formula is C7H6IN2O3+. The number of hydrogen-bond acceptors (Lipinski definition) is 2. The Morgan fingerprint density at radius 2 is 2.15 bits per heavy atom. The van der Waals surface area contributed by atoms with Crippen molar-refractivity contribution in [2.24, 2.45) is 5.73 Å². The molecule has 0 saturated carbocycles. The van der Waals surface area contributed by atoms with Crippen molar-refractivity contribution in [3.8, 4) is 0 Å². The van der Waals surface area contributed by atoms with Crippen molar-refractivity contribution in [2.75, 3.05) is 0 Å². The predicted octanol–water partition coefficient (Wildman–Crippen LogP) is 1.19. The second-order valence-corrected chi connectivity index (χ2v) is 3.47. The number of hydrogen-bond donors (Lipinski definition) is 2. The third-order valence-corrected chi connectivity index (χ3v) is 2.35. The fraction of sp³-hybridized carbons (Fsp3) is 0. The van der Waals surface area contributed by atoms with Crippen LogP contribution in [0.3, 0.4) is 0 Å². The lowest BCUT2D eigenvalue weighted by Gasteiger charge is -1.94. The monoisotopic (exact) mass is 293 g/mol. The van der Waals surface area contributed by atoms with Crippen LogP contribution in [0, 0.1) is 8.48 Å². The van der Waals surface area contributed by atoms with E-state index in [1.54, 1.807) is 0 Å². The Balaban J connectivity index is 3.27. The Labute approximate surface area is 87.2 Å². The number of halogens is 1. The second kappa shape index (κ2) is 3.69. The van der Waals surface area contributed by atoms with Gasteiger partial charge in [-0.2, -0.15) is 0 Å². The largest absolute Gasteiger partial charge is 0.366 e. The number of carbonyl (C=O) groups excluding carboxylic acids is 1. The summed E-state index contributed by atoms with van der Waals surface area (Å²) in [6, 6.07) is 4.24. The summed E-state index contributed by atoms with van der Waals surface area (Å²) in [7, 11) is 0. The maximum atomic E-state index is 10.7. The number of primary amides is 1. The molecule has 1 rings (SSSR count). The van der Waals surface area contributed by atoms with Crippen LogP contribution in [0.2, 0.25) is 0 Å². The van der Waals surface area contributed by atoms with Gasteiger partial charge in [0.05, 0.1) is 8.48 Å². The summed E-state index contributed by atoms with van der Waals surface area (Å²) in [6.45, 7) is 0. The van der Waals surface area contributed by atoms with Gasteiger partial charge in [0.25, 0.3) is 4.92 Å². The van der Waals surface area contributed by atoms with Crippen molar-refractivity contribution in [3.63, 3.8) is 0 Å². The Hall–Kier alpha value is -1.18. The maximum Gasteiger partial charge on any atom is 0.330 e. The van der Waals surface area contributed by atoms with E-state index < -0.39 is 5.91 Å².